The Morgan fingerprint density at radius 1 is 1.31 bits per heavy atom. The molecule has 0 radical (unpaired) electrons. The zero-order valence-corrected chi connectivity index (χ0v) is 9.44. The minimum atomic E-state index is -0.204. The summed E-state index contributed by atoms with van der Waals surface area (Å²) in [4.78, 5) is 11.3. The molecule has 0 aliphatic carbocycles. The second-order valence-electron chi connectivity index (χ2n) is 3.84. The number of aliphatic hydroxyl groups excluding tert-OH is 1. The van der Waals surface area contributed by atoms with E-state index < -0.39 is 0 Å². The molecular formula is C12H18N2O2. The molecule has 1 aromatic rings. The lowest BCUT2D eigenvalue weighted by Crippen LogP contribution is -2.37. The smallest absolute Gasteiger partial charge is 0.315 e. The summed E-state index contributed by atoms with van der Waals surface area (Å²) in [6.07, 6.45) is 0. The fourth-order valence-corrected chi connectivity index (χ4v) is 1.17. The molecule has 4 heteroatoms. The molecule has 1 atom stereocenters. The van der Waals surface area contributed by atoms with Gasteiger partial charge in [0.25, 0.3) is 0 Å². The quantitative estimate of drug-likeness (QED) is 0.699. The van der Waals surface area contributed by atoms with Gasteiger partial charge in [-0.25, -0.2) is 4.79 Å². The van der Waals surface area contributed by atoms with Gasteiger partial charge in [0.15, 0.2) is 0 Å². The van der Waals surface area contributed by atoms with Crippen LogP contribution in [0.3, 0.4) is 0 Å². The van der Waals surface area contributed by atoms with E-state index in [0.29, 0.717) is 13.1 Å². The van der Waals surface area contributed by atoms with E-state index in [2.05, 4.69) is 10.6 Å². The van der Waals surface area contributed by atoms with Crippen LogP contribution < -0.4 is 10.6 Å². The molecule has 4 nitrogen and oxygen atoms in total. The molecule has 0 aromatic heterocycles. The van der Waals surface area contributed by atoms with E-state index in [4.69, 9.17) is 5.11 Å². The number of benzene rings is 1. The van der Waals surface area contributed by atoms with Gasteiger partial charge in [0.1, 0.15) is 0 Å². The van der Waals surface area contributed by atoms with E-state index >= 15 is 0 Å². The molecule has 1 aromatic carbocycles. The van der Waals surface area contributed by atoms with Crippen molar-refractivity contribution >= 4 is 6.03 Å². The van der Waals surface area contributed by atoms with Gasteiger partial charge < -0.3 is 15.7 Å². The molecule has 0 heterocycles. The van der Waals surface area contributed by atoms with Crippen LogP contribution in [0.25, 0.3) is 0 Å². The second-order valence-corrected chi connectivity index (χ2v) is 3.84. The van der Waals surface area contributed by atoms with Crippen molar-refractivity contribution in [2.45, 2.75) is 13.5 Å². The highest BCUT2D eigenvalue weighted by molar-refractivity contribution is 5.73. The standard InChI is InChI=1S/C12H18N2O2/c1-10(9-15)7-13-12(16)14-8-11-5-3-2-4-6-11/h2-6,10,15H,7-9H2,1H3,(H2,13,14,16). The minimum absolute atomic E-state index is 0.0823. The van der Waals surface area contributed by atoms with Crippen LogP contribution in [0.1, 0.15) is 12.5 Å². The third kappa shape index (κ3) is 4.79. The summed E-state index contributed by atoms with van der Waals surface area (Å²) in [7, 11) is 0. The Labute approximate surface area is 95.7 Å². The summed E-state index contributed by atoms with van der Waals surface area (Å²) >= 11 is 0. The van der Waals surface area contributed by atoms with Gasteiger partial charge in [-0.2, -0.15) is 0 Å². The first kappa shape index (κ1) is 12.5. The zero-order valence-electron chi connectivity index (χ0n) is 9.44. The number of nitrogens with one attached hydrogen (secondary N) is 2. The molecule has 0 bridgehead atoms. The van der Waals surface area contributed by atoms with Gasteiger partial charge in [0.05, 0.1) is 0 Å². The van der Waals surface area contributed by atoms with Crippen LogP contribution >= 0.6 is 0 Å². The number of aliphatic hydroxyl groups is 1. The lowest BCUT2D eigenvalue weighted by atomic mass is 10.2. The summed E-state index contributed by atoms with van der Waals surface area (Å²) in [6.45, 7) is 2.95. The molecule has 0 saturated carbocycles. The van der Waals surface area contributed by atoms with Crippen molar-refractivity contribution in [2.24, 2.45) is 5.92 Å². The van der Waals surface area contributed by atoms with Gasteiger partial charge in [-0.1, -0.05) is 37.3 Å². The molecular weight excluding hydrogens is 204 g/mol. The average Bonchev–Trinajstić information content (AvgIpc) is 2.34. The van der Waals surface area contributed by atoms with Gasteiger partial charge in [-0.05, 0) is 11.5 Å². The van der Waals surface area contributed by atoms with Crippen molar-refractivity contribution in [3.05, 3.63) is 35.9 Å². The lowest BCUT2D eigenvalue weighted by molar-refractivity contribution is 0.222. The number of amides is 2. The van der Waals surface area contributed by atoms with Crippen molar-refractivity contribution in [3.63, 3.8) is 0 Å². The Balaban J connectivity index is 2.20. The van der Waals surface area contributed by atoms with Crippen LogP contribution in [0.15, 0.2) is 30.3 Å². The summed E-state index contributed by atoms with van der Waals surface area (Å²) in [5.41, 5.74) is 1.06. The first-order valence-corrected chi connectivity index (χ1v) is 5.39. The average molecular weight is 222 g/mol. The SMILES string of the molecule is CC(CO)CNC(=O)NCc1ccccc1. The first-order valence-electron chi connectivity index (χ1n) is 5.39. The molecule has 2 amide bonds. The Kier molecular flexibility index (Phi) is 5.36. The van der Waals surface area contributed by atoms with Crippen LogP contribution in [0.2, 0.25) is 0 Å². The fraction of sp³-hybridized carbons (Fsp3) is 0.417. The molecule has 1 unspecified atom stereocenters. The van der Waals surface area contributed by atoms with E-state index in [-0.39, 0.29) is 18.6 Å². The van der Waals surface area contributed by atoms with Crippen molar-refractivity contribution in [2.75, 3.05) is 13.2 Å². The van der Waals surface area contributed by atoms with Crippen LogP contribution in [0, 0.1) is 5.92 Å². The Hall–Kier alpha value is -1.55. The molecule has 3 N–H and O–H groups in total. The Bertz CT molecular complexity index is 314. The highest BCUT2D eigenvalue weighted by Crippen LogP contribution is 1.96. The summed E-state index contributed by atoms with van der Waals surface area (Å²) in [5.74, 6) is 0.0856. The van der Waals surface area contributed by atoms with E-state index in [9.17, 15) is 4.79 Å². The normalized spacial score (nSPS) is 11.9. The van der Waals surface area contributed by atoms with E-state index in [0.717, 1.165) is 5.56 Å². The lowest BCUT2D eigenvalue weighted by Gasteiger charge is -2.10. The maximum Gasteiger partial charge on any atom is 0.315 e. The molecule has 0 aliphatic heterocycles. The fourth-order valence-electron chi connectivity index (χ4n) is 1.17. The van der Waals surface area contributed by atoms with Gasteiger partial charge in [0, 0.05) is 19.7 Å². The predicted molar refractivity (Wildman–Crippen MR) is 62.9 cm³/mol. The number of carbonyl (C=O) groups is 1. The molecule has 0 saturated heterocycles. The van der Waals surface area contributed by atoms with Crippen LogP contribution in [-0.4, -0.2) is 24.3 Å². The summed E-state index contributed by atoms with van der Waals surface area (Å²) in [6, 6.07) is 9.51. The van der Waals surface area contributed by atoms with E-state index in [1.807, 2.05) is 37.3 Å². The van der Waals surface area contributed by atoms with Gasteiger partial charge in [-0.3, -0.25) is 0 Å². The van der Waals surface area contributed by atoms with Crippen LogP contribution in [0.5, 0.6) is 0 Å². The third-order valence-electron chi connectivity index (χ3n) is 2.22. The molecule has 88 valence electrons. The molecule has 0 aliphatic rings. The van der Waals surface area contributed by atoms with Gasteiger partial charge in [0.2, 0.25) is 0 Å². The second kappa shape index (κ2) is 6.85. The van der Waals surface area contributed by atoms with Crippen molar-refractivity contribution in [1.82, 2.24) is 10.6 Å². The van der Waals surface area contributed by atoms with Crippen molar-refractivity contribution in [3.8, 4) is 0 Å². The van der Waals surface area contributed by atoms with Crippen LogP contribution in [-0.2, 0) is 6.54 Å². The number of carbonyl (C=O) groups excluding carboxylic acids is 1. The summed E-state index contributed by atoms with van der Waals surface area (Å²) < 4.78 is 0. The molecule has 0 spiro atoms. The zero-order chi connectivity index (χ0) is 11.8. The third-order valence-corrected chi connectivity index (χ3v) is 2.22. The summed E-state index contributed by atoms with van der Waals surface area (Å²) in [5, 5.41) is 14.2. The Morgan fingerprint density at radius 2 is 2.00 bits per heavy atom. The topological polar surface area (TPSA) is 61.4 Å². The van der Waals surface area contributed by atoms with Crippen LogP contribution in [0.4, 0.5) is 4.79 Å². The Morgan fingerprint density at radius 3 is 2.62 bits per heavy atom. The maximum atomic E-state index is 11.3. The molecule has 1 rings (SSSR count). The monoisotopic (exact) mass is 222 g/mol. The number of hydrogen-bond donors (Lipinski definition) is 3. The van der Waals surface area contributed by atoms with Crippen molar-refractivity contribution < 1.29 is 9.90 Å². The highest BCUT2D eigenvalue weighted by Gasteiger charge is 2.03. The van der Waals surface area contributed by atoms with Gasteiger partial charge >= 0.3 is 6.03 Å². The number of urea groups is 1. The van der Waals surface area contributed by atoms with E-state index in [1.54, 1.807) is 0 Å². The number of hydrogen-bond acceptors (Lipinski definition) is 2. The van der Waals surface area contributed by atoms with Gasteiger partial charge in [-0.15, -0.1) is 0 Å². The highest BCUT2D eigenvalue weighted by atomic mass is 16.3. The van der Waals surface area contributed by atoms with E-state index in [1.165, 1.54) is 0 Å². The maximum absolute atomic E-state index is 11.3. The molecule has 0 fully saturated rings. The largest absolute Gasteiger partial charge is 0.396 e. The molecule has 16 heavy (non-hydrogen) atoms. The first-order chi connectivity index (χ1) is 7.72. The van der Waals surface area contributed by atoms with Crippen molar-refractivity contribution in [1.29, 1.82) is 0 Å². The number of rotatable bonds is 5. The predicted octanol–water partition coefficient (Wildman–Crippen LogP) is 1.11. The minimum Gasteiger partial charge on any atom is -0.396 e.